The molecule has 2 fully saturated rings. The molecule has 2 saturated heterocycles. The summed E-state index contributed by atoms with van der Waals surface area (Å²) in [5, 5.41) is 4.46. The Morgan fingerprint density at radius 2 is 1.33 bits per heavy atom. The predicted octanol–water partition coefficient (Wildman–Crippen LogP) is -2.97. The van der Waals surface area contributed by atoms with Crippen molar-refractivity contribution >= 4 is 33.0 Å². The molecule has 0 aromatic carbocycles. The molecule has 2 aliphatic rings. The molecule has 0 saturated carbocycles. The molecule has 0 aromatic rings. The summed E-state index contributed by atoms with van der Waals surface area (Å²) in [4.78, 5) is 48.5. The Hall–Kier alpha value is -1.41. The minimum Gasteiger partial charge on any atom is -0.314 e. The second-order valence-electron chi connectivity index (χ2n) is 4.87. The lowest BCUT2D eigenvalue weighted by Crippen LogP contribution is -2.58. The van der Waals surface area contributed by atoms with Crippen LogP contribution in [-0.4, -0.2) is 72.2 Å². The molecule has 4 amide bonds. The van der Waals surface area contributed by atoms with E-state index in [-0.39, 0.29) is 55.8 Å². The minimum absolute atomic E-state index is 0.0892. The first kappa shape index (κ1) is 17.6. The molecule has 0 radical (unpaired) electrons. The van der Waals surface area contributed by atoms with E-state index in [1.54, 1.807) is 9.80 Å². The SMILES string of the molecule is C[C@@H](CN1CC(=O)NC(=O)C1)N1CC(=O)NC(=O)C1.NP. The molecular formula is C11H20N5O4P. The first-order chi connectivity index (χ1) is 9.94. The summed E-state index contributed by atoms with van der Waals surface area (Å²) < 4.78 is 0. The quantitative estimate of drug-likeness (QED) is 0.375. The van der Waals surface area contributed by atoms with E-state index in [0.717, 1.165) is 0 Å². The number of amides is 4. The van der Waals surface area contributed by atoms with Crippen LogP contribution < -0.4 is 16.1 Å². The summed E-state index contributed by atoms with van der Waals surface area (Å²) in [5.41, 5.74) is 4.42. The maximum atomic E-state index is 11.3. The Bertz CT molecular complexity index is 412. The van der Waals surface area contributed by atoms with E-state index >= 15 is 0 Å². The Kier molecular flexibility index (Phi) is 6.83. The summed E-state index contributed by atoms with van der Waals surface area (Å²) in [6.45, 7) is 2.94. The molecule has 9 nitrogen and oxygen atoms in total. The van der Waals surface area contributed by atoms with E-state index in [1.165, 1.54) is 0 Å². The van der Waals surface area contributed by atoms with E-state index in [2.05, 4.69) is 16.1 Å². The van der Waals surface area contributed by atoms with Crippen molar-refractivity contribution < 1.29 is 19.2 Å². The van der Waals surface area contributed by atoms with Crippen molar-refractivity contribution in [3.63, 3.8) is 0 Å². The zero-order valence-corrected chi connectivity index (χ0v) is 12.9. The smallest absolute Gasteiger partial charge is 0.240 e. The molecule has 2 rings (SSSR count). The summed E-state index contributed by atoms with van der Waals surface area (Å²) in [6.07, 6.45) is 0. The van der Waals surface area contributed by atoms with Gasteiger partial charge in [0.2, 0.25) is 23.6 Å². The van der Waals surface area contributed by atoms with Crippen molar-refractivity contribution in [2.24, 2.45) is 5.50 Å². The van der Waals surface area contributed by atoms with Crippen molar-refractivity contribution in [1.82, 2.24) is 20.4 Å². The van der Waals surface area contributed by atoms with Crippen LogP contribution in [0.25, 0.3) is 0 Å². The molecule has 2 heterocycles. The monoisotopic (exact) mass is 317 g/mol. The van der Waals surface area contributed by atoms with Crippen molar-refractivity contribution in [2.45, 2.75) is 13.0 Å². The van der Waals surface area contributed by atoms with Gasteiger partial charge < -0.3 is 5.50 Å². The third kappa shape index (κ3) is 5.47. The maximum absolute atomic E-state index is 11.3. The zero-order chi connectivity index (χ0) is 16.0. The second kappa shape index (κ2) is 8.14. The standard InChI is InChI=1S/C11H16N4O4.H4NP/c1-7(15-5-10(18)13-11(19)6-15)2-14-3-8(16)12-9(17)4-14;1-2/h7H,2-6H2,1H3,(H,12,16,17)(H,13,18,19);1-2H2/t7-;/m0./s1. The van der Waals surface area contributed by atoms with Crippen LogP contribution in [0.4, 0.5) is 0 Å². The van der Waals surface area contributed by atoms with Crippen LogP contribution in [0, 0.1) is 0 Å². The average Bonchev–Trinajstić information content (AvgIpc) is 2.38. The van der Waals surface area contributed by atoms with Crippen LogP contribution in [0.15, 0.2) is 0 Å². The summed E-state index contributed by atoms with van der Waals surface area (Å²) in [6, 6.07) is -0.0892. The fraction of sp³-hybridized carbons (Fsp3) is 0.636. The number of hydrogen-bond donors (Lipinski definition) is 3. The molecule has 10 heteroatoms. The Morgan fingerprint density at radius 3 is 1.76 bits per heavy atom. The first-order valence-corrected chi connectivity index (χ1v) is 7.06. The van der Waals surface area contributed by atoms with Gasteiger partial charge in [0.05, 0.1) is 26.2 Å². The van der Waals surface area contributed by atoms with Gasteiger partial charge in [0.1, 0.15) is 0 Å². The lowest BCUT2D eigenvalue weighted by molar-refractivity contribution is -0.140. The van der Waals surface area contributed by atoms with Gasteiger partial charge in [0, 0.05) is 12.6 Å². The van der Waals surface area contributed by atoms with Gasteiger partial charge in [0.15, 0.2) is 0 Å². The number of nitrogens with one attached hydrogen (secondary N) is 2. The molecule has 0 spiro atoms. The number of piperazine rings is 2. The Morgan fingerprint density at radius 1 is 0.952 bits per heavy atom. The number of imide groups is 2. The van der Waals surface area contributed by atoms with Crippen molar-refractivity contribution in [2.75, 3.05) is 32.7 Å². The number of carbonyl (C=O) groups excluding carboxylic acids is 4. The van der Waals surface area contributed by atoms with E-state index in [9.17, 15) is 19.2 Å². The summed E-state index contributed by atoms with van der Waals surface area (Å²) >= 11 is 0. The third-order valence-electron chi connectivity index (χ3n) is 3.13. The van der Waals surface area contributed by atoms with Gasteiger partial charge in [-0.05, 0) is 6.92 Å². The minimum atomic E-state index is -0.324. The number of hydrogen-bond acceptors (Lipinski definition) is 7. The molecule has 1 unspecified atom stereocenters. The lowest BCUT2D eigenvalue weighted by Gasteiger charge is -2.35. The van der Waals surface area contributed by atoms with Crippen LogP contribution in [0.1, 0.15) is 6.92 Å². The van der Waals surface area contributed by atoms with Gasteiger partial charge in [-0.2, -0.15) is 0 Å². The van der Waals surface area contributed by atoms with E-state index in [1.807, 2.05) is 16.3 Å². The summed E-state index contributed by atoms with van der Waals surface area (Å²) in [5.74, 6) is -1.29. The van der Waals surface area contributed by atoms with Crippen molar-refractivity contribution in [1.29, 1.82) is 0 Å². The fourth-order valence-corrected chi connectivity index (χ4v) is 2.29. The molecule has 2 atom stereocenters. The molecule has 118 valence electrons. The normalized spacial score (nSPS) is 22.0. The van der Waals surface area contributed by atoms with Gasteiger partial charge in [0.25, 0.3) is 0 Å². The molecule has 2 aliphatic heterocycles. The highest BCUT2D eigenvalue weighted by Crippen LogP contribution is 2.06. The topological polar surface area (TPSA) is 125 Å². The molecule has 4 N–H and O–H groups in total. The van der Waals surface area contributed by atoms with Crippen molar-refractivity contribution in [3.05, 3.63) is 0 Å². The van der Waals surface area contributed by atoms with Gasteiger partial charge >= 0.3 is 0 Å². The van der Waals surface area contributed by atoms with Crippen LogP contribution >= 0.6 is 9.39 Å². The van der Waals surface area contributed by atoms with Gasteiger partial charge in [-0.25, -0.2) is 0 Å². The van der Waals surface area contributed by atoms with Crippen LogP contribution in [-0.2, 0) is 19.2 Å². The fourth-order valence-electron chi connectivity index (χ4n) is 2.29. The van der Waals surface area contributed by atoms with Crippen LogP contribution in [0.3, 0.4) is 0 Å². The van der Waals surface area contributed by atoms with Gasteiger partial charge in [-0.3, -0.25) is 39.6 Å². The van der Waals surface area contributed by atoms with E-state index < -0.39 is 0 Å². The third-order valence-corrected chi connectivity index (χ3v) is 3.13. The van der Waals surface area contributed by atoms with Crippen molar-refractivity contribution in [3.8, 4) is 0 Å². The van der Waals surface area contributed by atoms with E-state index in [4.69, 9.17) is 0 Å². The summed E-state index contributed by atoms with van der Waals surface area (Å²) in [7, 11) is 1.92. The van der Waals surface area contributed by atoms with Gasteiger partial charge in [-0.15, -0.1) is 0 Å². The molecular weight excluding hydrogens is 297 g/mol. The highest BCUT2D eigenvalue weighted by Gasteiger charge is 2.29. The highest BCUT2D eigenvalue weighted by atomic mass is 31.0. The molecule has 21 heavy (non-hydrogen) atoms. The largest absolute Gasteiger partial charge is 0.314 e. The van der Waals surface area contributed by atoms with Crippen LogP contribution in [0.5, 0.6) is 0 Å². The molecule has 0 bridgehead atoms. The Balaban J connectivity index is 0.00000106. The second-order valence-corrected chi connectivity index (χ2v) is 4.87. The molecule has 0 aliphatic carbocycles. The van der Waals surface area contributed by atoms with Gasteiger partial charge in [-0.1, -0.05) is 9.39 Å². The molecule has 0 aromatic heterocycles. The number of nitrogens with two attached hydrogens (primary N) is 1. The number of nitrogens with zero attached hydrogens (tertiary/aromatic N) is 2. The highest BCUT2D eigenvalue weighted by molar-refractivity contribution is 7.13. The predicted molar refractivity (Wildman–Crippen MR) is 77.7 cm³/mol. The Labute approximate surface area is 124 Å². The number of carbonyl (C=O) groups is 4. The number of rotatable bonds is 3. The zero-order valence-electron chi connectivity index (χ0n) is 11.8. The van der Waals surface area contributed by atoms with E-state index in [0.29, 0.717) is 6.54 Å². The first-order valence-electron chi connectivity index (χ1n) is 6.39. The van der Waals surface area contributed by atoms with Crippen LogP contribution in [0.2, 0.25) is 0 Å². The average molecular weight is 317 g/mol. The maximum Gasteiger partial charge on any atom is 0.240 e. The lowest BCUT2D eigenvalue weighted by atomic mass is 10.2.